The number of halogens is 1. The van der Waals surface area contributed by atoms with Crippen LogP contribution in [0.1, 0.15) is 36.8 Å². The number of ether oxygens (including phenoxy) is 1. The molecule has 1 saturated heterocycles. The van der Waals surface area contributed by atoms with Crippen LogP contribution in [-0.2, 0) is 6.42 Å². The quantitative estimate of drug-likeness (QED) is 0.922. The molecule has 0 amide bonds. The molecule has 0 saturated carbocycles. The van der Waals surface area contributed by atoms with Gasteiger partial charge in [0.25, 0.3) is 0 Å². The molecule has 0 spiro atoms. The number of piperidine rings is 1. The minimum atomic E-state index is 0.673. The third kappa shape index (κ3) is 2.83. The molecule has 0 aromatic heterocycles. The summed E-state index contributed by atoms with van der Waals surface area (Å²) in [5.41, 5.74) is 2.68. The van der Waals surface area contributed by atoms with Crippen molar-refractivity contribution in [3.05, 3.63) is 27.7 Å². The van der Waals surface area contributed by atoms with E-state index in [2.05, 4.69) is 40.3 Å². The average molecular weight is 298 g/mol. The lowest BCUT2D eigenvalue weighted by Crippen LogP contribution is -2.26. The second-order valence-electron chi connectivity index (χ2n) is 4.56. The number of hydrogen-bond acceptors (Lipinski definition) is 2. The zero-order valence-corrected chi connectivity index (χ0v) is 12.1. The summed E-state index contributed by atoms with van der Waals surface area (Å²) >= 11 is 3.67. The monoisotopic (exact) mass is 297 g/mol. The number of benzene rings is 1. The molecule has 1 aromatic carbocycles. The minimum absolute atomic E-state index is 0.673. The molecular formula is C14H20BrNO. The van der Waals surface area contributed by atoms with Crippen LogP contribution in [0.2, 0.25) is 0 Å². The van der Waals surface area contributed by atoms with Crippen molar-refractivity contribution in [3.8, 4) is 5.75 Å². The lowest BCUT2D eigenvalue weighted by Gasteiger charge is -2.24. The molecule has 3 heteroatoms. The fourth-order valence-electron chi connectivity index (χ4n) is 2.55. The van der Waals surface area contributed by atoms with E-state index in [4.69, 9.17) is 4.74 Å². The van der Waals surface area contributed by atoms with Gasteiger partial charge in [0.05, 0.1) is 7.11 Å². The van der Waals surface area contributed by atoms with Gasteiger partial charge in [-0.05, 0) is 56.0 Å². The molecule has 17 heavy (non-hydrogen) atoms. The Morgan fingerprint density at radius 2 is 2.06 bits per heavy atom. The number of methoxy groups -OCH3 is 1. The van der Waals surface area contributed by atoms with E-state index in [1.54, 1.807) is 7.11 Å². The van der Waals surface area contributed by atoms with Crippen LogP contribution in [0, 0.1) is 0 Å². The number of rotatable bonds is 3. The maximum Gasteiger partial charge on any atom is 0.123 e. The Morgan fingerprint density at radius 3 is 2.65 bits per heavy atom. The van der Waals surface area contributed by atoms with E-state index in [1.165, 1.54) is 28.4 Å². The summed E-state index contributed by atoms with van der Waals surface area (Å²) < 4.78 is 6.69. The summed E-state index contributed by atoms with van der Waals surface area (Å²) in [6, 6.07) is 4.50. The highest BCUT2D eigenvalue weighted by molar-refractivity contribution is 9.10. The summed E-state index contributed by atoms with van der Waals surface area (Å²) in [7, 11) is 1.76. The first-order valence-corrected chi connectivity index (χ1v) is 7.12. The molecule has 0 bridgehead atoms. The summed E-state index contributed by atoms with van der Waals surface area (Å²) in [4.78, 5) is 0. The van der Waals surface area contributed by atoms with Crippen molar-refractivity contribution in [2.75, 3.05) is 20.2 Å². The molecule has 1 fully saturated rings. The zero-order valence-electron chi connectivity index (χ0n) is 10.6. The highest BCUT2D eigenvalue weighted by atomic mass is 79.9. The predicted molar refractivity (Wildman–Crippen MR) is 74.9 cm³/mol. The lowest BCUT2D eigenvalue weighted by molar-refractivity contribution is 0.406. The normalized spacial score (nSPS) is 17.1. The summed E-state index contributed by atoms with van der Waals surface area (Å²) in [6.45, 7) is 4.41. The number of nitrogens with one attached hydrogen (secondary N) is 1. The van der Waals surface area contributed by atoms with E-state index in [0.717, 1.165) is 25.3 Å². The summed E-state index contributed by atoms with van der Waals surface area (Å²) in [6.07, 6.45) is 3.44. The van der Waals surface area contributed by atoms with Crippen molar-refractivity contribution in [2.45, 2.75) is 32.1 Å². The maximum absolute atomic E-state index is 5.50. The molecular weight excluding hydrogens is 278 g/mol. The van der Waals surface area contributed by atoms with Crippen LogP contribution >= 0.6 is 15.9 Å². The molecule has 1 aromatic rings. The van der Waals surface area contributed by atoms with Gasteiger partial charge in [-0.3, -0.25) is 0 Å². The van der Waals surface area contributed by atoms with Crippen LogP contribution < -0.4 is 10.1 Å². The summed E-state index contributed by atoms with van der Waals surface area (Å²) in [5, 5.41) is 3.41. The first-order valence-electron chi connectivity index (χ1n) is 6.33. The number of hydrogen-bond donors (Lipinski definition) is 1. The fraction of sp³-hybridized carbons (Fsp3) is 0.571. The molecule has 0 atom stereocenters. The van der Waals surface area contributed by atoms with Gasteiger partial charge in [0, 0.05) is 10.0 Å². The van der Waals surface area contributed by atoms with Gasteiger partial charge in [0.1, 0.15) is 5.75 Å². The Bertz CT molecular complexity index is 386. The highest BCUT2D eigenvalue weighted by Crippen LogP contribution is 2.35. The Kier molecular flexibility index (Phi) is 4.46. The van der Waals surface area contributed by atoms with Gasteiger partial charge in [-0.1, -0.05) is 22.9 Å². The second kappa shape index (κ2) is 5.87. The first-order chi connectivity index (χ1) is 8.26. The Balaban J connectivity index is 2.31. The third-order valence-corrected chi connectivity index (χ3v) is 4.27. The van der Waals surface area contributed by atoms with Gasteiger partial charge < -0.3 is 10.1 Å². The lowest BCUT2D eigenvalue weighted by atomic mass is 9.89. The van der Waals surface area contributed by atoms with Crippen molar-refractivity contribution >= 4 is 15.9 Å². The molecule has 1 heterocycles. The van der Waals surface area contributed by atoms with Crippen molar-refractivity contribution in [1.29, 1.82) is 0 Å². The van der Waals surface area contributed by atoms with Crippen molar-refractivity contribution < 1.29 is 4.74 Å². The van der Waals surface area contributed by atoms with E-state index < -0.39 is 0 Å². The molecule has 0 unspecified atom stereocenters. The highest BCUT2D eigenvalue weighted by Gasteiger charge is 2.18. The molecule has 94 valence electrons. The Hall–Kier alpha value is -0.540. The molecule has 0 radical (unpaired) electrons. The van der Waals surface area contributed by atoms with Gasteiger partial charge in [-0.25, -0.2) is 0 Å². The van der Waals surface area contributed by atoms with Crippen LogP contribution in [0.15, 0.2) is 16.6 Å². The van der Waals surface area contributed by atoms with Gasteiger partial charge in [0.15, 0.2) is 0 Å². The average Bonchev–Trinajstić information content (AvgIpc) is 2.38. The molecule has 1 aliphatic heterocycles. The maximum atomic E-state index is 5.50. The van der Waals surface area contributed by atoms with Gasteiger partial charge >= 0.3 is 0 Å². The van der Waals surface area contributed by atoms with Crippen LogP contribution in [0.25, 0.3) is 0 Å². The van der Waals surface area contributed by atoms with Gasteiger partial charge in [-0.15, -0.1) is 0 Å². The van der Waals surface area contributed by atoms with Gasteiger partial charge in [0.2, 0.25) is 0 Å². The molecule has 1 N–H and O–H groups in total. The SMILES string of the molecule is CCc1c(Br)cc(C2CCNCC2)cc1OC. The molecule has 0 aliphatic carbocycles. The molecule has 2 rings (SSSR count). The smallest absolute Gasteiger partial charge is 0.123 e. The van der Waals surface area contributed by atoms with Crippen LogP contribution in [0.5, 0.6) is 5.75 Å². The van der Waals surface area contributed by atoms with E-state index >= 15 is 0 Å². The van der Waals surface area contributed by atoms with E-state index in [1.807, 2.05) is 0 Å². The van der Waals surface area contributed by atoms with E-state index in [0.29, 0.717) is 5.92 Å². The van der Waals surface area contributed by atoms with Crippen LogP contribution in [-0.4, -0.2) is 20.2 Å². The minimum Gasteiger partial charge on any atom is -0.496 e. The van der Waals surface area contributed by atoms with Crippen LogP contribution in [0.4, 0.5) is 0 Å². The fourth-order valence-corrected chi connectivity index (χ4v) is 3.29. The van der Waals surface area contributed by atoms with Gasteiger partial charge in [-0.2, -0.15) is 0 Å². The van der Waals surface area contributed by atoms with Crippen molar-refractivity contribution in [2.24, 2.45) is 0 Å². The van der Waals surface area contributed by atoms with Crippen LogP contribution in [0.3, 0.4) is 0 Å². The summed E-state index contributed by atoms with van der Waals surface area (Å²) in [5.74, 6) is 1.70. The van der Waals surface area contributed by atoms with Crippen molar-refractivity contribution in [1.82, 2.24) is 5.32 Å². The predicted octanol–water partition coefficient (Wildman–Crippen LogP) is 3.49. The largest absolute Gasteiger partial charge is 0.496 e. The molecule has 2 nitrogen and oxygen atoms in total. The van der Waals surface area contributed by atoms with E-state index in [9.17, 15) is 0 Å². The standard InChI is InChI=1S/C14H20BrNO/c1-3-12-13(15)8-11(9-14(12)17-2)10-4-6-16-7-5-10/h8-10,16H,3-7H2,1-2H3. The second-order valence-corrected chi connectivity index (χ2v) is 5.42. The Labute approximate surface area is 112 Å². The Morgan fingerprint density at radius 1 is 1.35 bits per heavy atom. The van der Waals surface area contributed by atoms with Crippen molar-refractivity contribution in [3.63, 3.8) is 0 Å². The zero-order chi connectivity index (χ0) is 12.3. The van der Waals surface area contributed by atoms with E-state index in [-0.39, 0.29) is 0 Å². The molecule has 1 aliphatic rings. The first kappa shape index (κ1) is 12.9. The topological polar surface area (TPSA) is 21.3 Å². The third-order valence-electron chi connectivity index (χ3n) is 3.56.